The molecule has 1 fully saturated rings. The van der Waals surface area contributed by atoms with Gasteiger partial charge in [-0.05, 0) is 6.07 Å². The molecular weight excluding hydrogens is 293 g/mol. The van der Waals surface area contributed by atoms with Crippen LogP contribution in [0.5, 0.6) is 0 Å². The molecule has 0 aromatic carbocycles. The molecule has 20 heavy (non-hydrogen) atoms. The molecule has 2 heterocycles. The van der Waals surface area contributed by atoms with Crippen LogP contribution in [0.1, 0.15) is 12.6 Å². The van der Waals surface area contributed by atoms with Gasteiger partial charge in [0.15, 0.2) is 0 Å². The molecule has 2 rings (SSSR count). The van der Waals surface area contributed by atoms with Crippen LogP contribution >= 0.6 is 7.82 Å². The van der Waals surface area contributed by atoms with Gasteiger partial charge in [0.25, 0.3) is 0 Å². The van der Waals surface area contributed by atoms with Gasteiger partial charge in [0.2, 0.25) is 0 Å². The molecule has 10 nitrogen and oxygen atoms in total. The van der Waals surface area contributed by atoms with E-state index < -0.39 is 38.6 Å². The molecule has 0 aliphatic carbocycles. The largest absolute Gasteiger partial charge is 0.469 e. The molecule has 1 saturated heterocycles. The SMILES string of the molecule is Nc1ccn([C@@H]2C[C@H](O)[C@H](COP(=O)(O)O)O2)c(=O)n1. The monoisotopic (exact) mass is 307 g/mol. The van der Waals surface area contributed by atoms with Gasteiger partial charge in [-0.2, -0.15) is 4.98 Å². The number of aliphatic hydroxyl groups excluding tert-OH is 1. The van der Waals surface area contributed by atoms with Gasteiger partial charge in [0.05, 0.1) is 12.7 Å². The van der Waals surface area contributed by atoms with E-state index in [4.69, 9.17) is 20.3 Å². The predicted octanol–water partition coefficient (Wildman–Crippen LogP) is -1.42. The second kappa shape index (κ2) is 5.60. The average Bonchev–Trinajstić information content (AvgIpc) is 2.67. The van der Waals surface area contributed by atoms with E-state index in [-0.39, 0.29) is 12.2 Å². The van der Waals surface area contributed by atoms with Crippen LogP contribution in [0.25, 0.3) is 0 Å². The highest BCUT2D eigenvalue weighted by atomic mass is 31.2. The molecule has 1 aromatic heterocycles. The maximum Gasteiger partial charge on any atom is 0.469 e. The van der Waals surface area contributed by atoms with Crippen LogP contribution < -0.4 is 11.4 Å². The number of anilines is 1. The molecular formula is C9H14N3O7P. The number of rotatable bonds is 4. The molecule has 1 aliphatic rings. The van der Waals surface area contributed by atoms with Crippen LogP contribution in [0.4, 0.5) is 5.82 Å². The van der Waals surface area contributed by atoms with Crippen molar-refractivity contribution in [2.45, 2.75) is 24.9 Å². The standard InChI is InChI=1S/C9H14N3O7P/c10-7-1-2-12(9(14)11-7)8-3-5(13)6(19-8)4-18-20(15,16)17/h1-2,5-6,8,13H,3-4H2,(H2,10,11,14)(H2,15,16,17)/t5-,6-,8-/m0/s1. The third-order valence-corrected chi connectivity index (χ3v) is 3.26. The first kappa shape index (κ1) is 15.1. The topological polar surface area (TPSA) is 157 Å². The summed E-state index contributed by atoms with van der Waals surface area (Å²) in [5, 5.41) is 9.74. The van der Waals surface area contributed by atoms with Gasteiger partial charge < -0.3 is 25.4 Å². The number of hydrogen-bond donors (Lipinski definition) is 4. The summed E-state index contributed by atoms with van der Waals surface area (Å²) in [4.78, 5) is 32.3. The van der Waals surface area contributed by atoms with E-state index in [0.717, 1.165) is 4.57 Å². The van der Waals surface area contributed by atoms with Gasteiger partial charge >= 0.3 is 13.5 Å². The minimum atomic E-state index is -4.64. The third kappa shape index (κ3) is 3.63. The van der Waals surface area contributed by atoms with Crippen molar-refractivity contribution in [3.8, 4) is 0 Å². The molecule has 1 aromatic rings. The fourth-order valence-electron chi connectivity index (χ4n) is 1.85. The number of nitrogen functional groups attached to an aromatic ring is 1. The number of aromatic nitrogens is 2. The Bertz CT molecular complexity index is 585. The Kier molecular flexibility index (Phi) is 4.23. The number of phosphoric acid groups is 1. The van der Waals surface area contributed by atoms with E-state index in [1.54, 1.807) is 0 Å². The Morgan fingerprint density at radius 3 is 2.90 bits per heavy atom. The summed E-state index contributed by atoms with van der Waals surface area (Å²) in [6.07, 6.45) is -1.32. The normalized spacial score (nSPS) is 26.9. The molecule has 3 atom stereocenters. The lowest BCUT2D eigenvalue weighted by molar-refractivity contribution is -0.0450. The first-order valence-electron chi connectivity index (χ1n) is 5.64. The minimum Gasteiger partial charge on any atom is -0.390 e. The highest BCUT2D eigenvalue weighted by Crippen LogP contribution is 2.38. The Labute approximate surface area is 113 Å². The number of nitrogens with two attached hydrogens (primary N) is 1. The highest BCUT2D eigenvalue weighted by Gasteiger charge is 2.36. The van der Waals surface area contributed by atoms with E-state index >= 15 is 0 Å². The van der Waals surface area contributed by atoms with E-state index in [0.29, 0.717) is 0 Å². The van der Waals surface area contributed by atoms with Crippen LogP contribution in [-0.2, 0) is 13.8 Å². The highest BCUT2D eigenvalue weighted by molar-refractivity contribution is 7.46. The van der Waals surface area contributed by atoms with Gasteiger partial charge in [0, 0.05) is 12.6 Å². The van der Waals surface area contributed by atoms with Gasteiger partial charge in [-0.3, -0.25) is 9.09 Å². The molecule has 112 valence electrons. The van der Waals surface area contributed by atoms with Crippen molar-refractivity contribution >= 4 is 13.6 Å². The van der Waals surface area contributed by atoms with Crippen LogP contribution in [0.2, 0.25) is 0 Å². The van der Waals surface area contributed by atoms with Crippen LogP contribution in [0.15, 0.2) is 17.1 Å². The lowest BCUT2D eigenvalue weighted by Crippen LogP contribution is -2.28. The zero-order valence-electron chi connectivity index (χ0n) is 10.2. The fraction of sp³-hybridized carbons (Fsp3) is 0.556. The average molecular weight is 307 g/mol. The maximum atomic E-state index is 11.6. The van der Waals surface area contributed by atoms with Gasteiger partial charge in [-0.25, -0.2) is 9.36 Å². The molecule has 11 heteroatoms. The number of phosphoric ester groups is 1. The number of hydrogen-bond acceptors (Lipinski definition) is 7. The Morgan fingerprint density at radius 2 is 2.30 bits per heavy atom. The van der Waals surface area contributed by atoms with Crippen molar-refractivity contribution in [2.24, 2.45) is 0 Å². The number of ether oxygens (including phenoxy) is 1. The second-order valence-electron chi connectivity index (χ2n) is 4.26. The molecule has 0 radical (unpaired) electrons. The van der Waals surface area contributed by atoms with Crippen LogP contribution in [0.3, 0.4) is 0 Å². The Balaban J connectivity index is 2.06. The molecule has 0 bridgehead atoms. The van der Waals surface area contributed by atoms with Crippen molar-refractivity contribution in [1.29, 1.82) is 0 Å². The molecule has 0 amide bonds. The summed E-state index contributed by atoms with van der Waals surface area (Å²) in [6.45, 7) is -0.487. The van der Waals surface area contributed by atoms with Crippen LogP contribution in [0, 0.1) is 0 Å². The van der Waals surface area contributed by atoms with Crippen molar-refractivity contribution in [1.82, 2.24) is 9.55 Å². The zero-order chi connectivity index (χ0) is 14.9. The first-order valence-corrected chi connectivity index (χ1v) is 7.17. The molecule has 0 saturated carbocycles. The minimum absolute atomic E-state index is 0.0613. The van der Waals surface area contributed by atoms with E-state index in [1.165, 1.54) is 12.3 Å². The summed E-state index contributed by atoms with van der Waals surface area (Å²) < 4.78 is 21.3. The zero-order valence-corrected chi connectivity index (χ0v) is 11.1. The van der Waals surface area contributed by atoms with E-state index in [9.17, 15) is 14.5 Å². The molecule has 0 spiro atoms. The van der Waals surface area contributed by atoms with Gasteiger partial charge in [-0.15, -0.1) is 0 Å². The first-order chi connectivity index (χ1) is 9.26. The lowest BCUT2D eigenvalue weighted by atomic mass is 10.2. The molecule has 0 unspecified atom stereocenters. The Hall–Kier alpha value is -1.29. The third-order valence-electron chi connectivity index (χ3n) is 2.77. The van der Waals surface area contributed by atoms with Crippen molar-refractivity contribution < 1.29 is 28.7 Å². The van der Waals surface area contributed by atoms with E-state index in [1.807, 2.05) is 0 Å². The fourth-order valence-corrected chi connectivity index (χ4v) is 2.19. The lowest BCUT2D eigenvalue weighted by Gasteiger charge is -2.16. The molecule has 1 aliphatic heterocycles. The van der Waals surface area contributed by atoms with Gasteiger partial charge in [-0.1, -0.05) is 0 Å². The van der Waals surface area contributed by atoms with E-state index in [2.05, 4.69) is 9.51 Å². The van der Waals surface area contributed by atoms with Gasteiger partial charge in [0.1, 0.15) is 18.1 Å². The van der Waals surface area contributed by atoms with Crippen LogP contribution in [-0.4, -0.2) is 43.3 Å². The summed E-state index contributed by atoms with van der Waals surface area (Å²) in [5.74, 6) is 0.0613. The second-order valence-corrected chi connectivity index (χ2v) is 5.50. The summed E-state index contributed by atoms with van der Waals surface area (Å²) in [5.41, 5.74) is 4.72. The smallest absolute Gasteiger partial charge is 0.390 e. The number of aliphatic hydroxyl groups is 1. The molecule has 5 N–H and O–H groups in total. The van der Waals surface area contributed by atoms with Crippen molar-refractivity contribution in [2.75, 3.05) is 12.3 Å². The van der Waals surface area contributed by atoms with Crippen molar-refractivity contribution in [3.05, 3.63) is 22.7 Å². The maximum absolute atomic E-state index is 11.6. The summed E-state index contributed by atoms with van der Waals surface area (Å²) in [7, 11) is -4.64. The quantitative estimate of drug-likeness (QED) is 0.490. The summed E-state index contributed by atoms with van der Waals surface area (Å²) in [6, 6.07) is 1.40. The summed E-state index contributed by atoms with van der Waals surface area (Å²) >= 11 is 0. The predicted molar refractivity (Wildman–Crippen MR) is 65.4 cm³/mol. The Morgan fingerprint density at radius 1 is 1.60 bits per heavy atom. The number of nitrogens with zero attached hydrogens (tertiary/aromatic N) is 2. The van der Waals surface area contributed by atoms with Crippen molar-refractivity contribution in [3.63, 3.8) is 0 Å².